The van der Waals surface area contributed by atoms with Crippen molar-refractivity contribution in [2.45, 2.75) is 0 Å². The monoisotopic (exact) mass is 192 g/mol. The van der Waals surface area contributed by atoms with Crippen LogP contribution in [-0.4, -0.2) is 16.7 Å². The first-order chi connectivity index (χ1) is 6.61. The summed E-state index contributed by atoms with van der Waals surface area (Å²) in [5.41, 5.74) is -0.285. The van der Waals surface area contributed by atoms with Crippen molar-refractivity contribution in [3.63, 3.8) is 0 Å². The standard InChI is InChI=1S/C10H5FO3/c11-6-3-1-2-5-7(12)4-8(13)10(14)9(5)6/h1-4,12H. The number of carbonyl (C=O) groups excluding carboxylic acids is 2. The Morgan fingerprint density at radius 2 is 1.93 bits per heavy atom. The van der Waals surface area contributed by atoms with E-state index in [2.05, 4.69) is 0 Å². The second-order valence-corrected chi connectivity index (χ2v) is 2.89. The molecule has 0 aromatic heterocycles. The van der Waals surface area contributed by atoms with Crippen molar-refractivity contribution >= 4 is 17.3 Å². The van der Waals surface area contributed by atoms with Gasteiger partial charge >= 0.3 is 0 Å². The van der Waals surface area contributed by atoms with Gasteiger partial charge in [0.25, 0.3) is 0 Å². The molecule has 0 spiro atoms. The third-order valence-electron chi connectivity index (χ3n) is 2.01. The molecule has 3 nitrogen and oxygen atoms in total. The van der Waals surface area contributed by atoms with Crippen LogP contribution in [0.2, 0.25) is 0 Å². The number of ketones is 2. The largest absolute Gasteiger partial charge is 0.507 e. The first-order valence-electron chi connectivity index (χ1n) is 3.89. The van der Waals surface area contributed by atoms with E-state index in [4.69, 9.17) is 0 Å². The second-order valence-electron chi connectivity index (χ2n) is 2.89. The lowest BCUT2D eigenvalue weighted by atomic mass is 9.93. The number of fused-ring (bicyclic) bond motifs is 1. The lowest BCUT2D eigenvalue weighted by Gasteiger charge is -2.11. The van der Waals surface area contributed by atoms with E-state index in [9.17, 15) is 19.1 Å². The van der Waals surface area contributed by atoms with Crippen LogP contribution in [0.15, 0.2) is 24.3 Å². The van der Waals surface area contributed by atoms with Gasteiger partial charge in [-0.3, -0.25) is 9.59 Å². The minimum Gasteiger partial charge on any atom is -0.507 e. The Kier molecular flexibility index (Phi) is 1.70. The van der Waals surface area contributed by atoms with E-state index >= 15 is 0 Å². The zero-order chi connectivity index (χ0) is 10.3. The van der Waals surface area contributed by atoms with Crippen LogP contribution in [0.5, 0.6) is 0 Å². The fraction of sp³-hybridized carbons (Fsp3) is 0. The van der Waals surface area contributed by atoms with Gasteiger partial charge in [0.1, 0.15) is 11.6 Å². The molecule has 14 heavy (non-hydrogen) atoms. The molecular formula is C10H5FO3. The number of rotatable bonds is 0. The van der Waals surface area contributed by atoms with Gasteiger partial charge < -0.3 is 5.11 Å². The highest BCUT2D eigenvalue weighted by Crippen LogP contribution is 2.24. The SMILES string of the molecule is O=C1C=C(O)c2cccc(F)c2C1=O. The molecule has 0 radical (unpaired) electrons. The summed E-state index contributed by atoms with van der Waals surface area (Å²) < 4.78 is 13.2. The number of carbonyl (C=O) groups is 2. The first-order valence-corrected chi connectivity index (χ1v) is 3.89. The predicted molar refractivity (Wildman–Crippen MR) is 46.3 cm³/mol. The molecule has 0 atom stereocenters. The number of aliphatic hydroxyl groups excluding tert-OH is 1. The maximum absolute atomic E-state index is 13.2. The summed E-state index contributed by atoms with van der Waals surface area (Å²) in [5, 5.41) is 9.30. The zero-order valence-electron chi connectivity index (χ0n) is 6.95. The molecule has 1 aromatic rings. The summed E-state index contributed by atoms with van der Waals surface area (Å²) in [6.07, 6.45) is 0.796. The van der Waals surface area contributed by atoms with Crippen molar-refractivity contribution < 1.29 is 19.1 Å². The molecule has 1 aromatic carbocycles. The average Bonchev–Trinajstić information content (AvgIpc) is 2.14. The van der Waals surface area contributed by atoms with Crippen LogP contribution >= 0.6 is 0 Å². The van der Waals surface area contributed by atoms with Gasteiger partial charge in [-0.1, -0.05) is 12.1 Å². The summed E-state index contributed by atoms with van der Waals surface area (Å²) in [5.74, 6) is -2.99. The fourth-order valence-corrected chi connectivity index (χ4v) is 1.36. The Labute approximate surface area is 78.5 Å². The van der Waals surface area contributed by atoms with Crippen molar-refractivity contribution in [1.82, 2.24) is 0 Å². The Morgan fingerprint density at radius 3 is 2.64 bits per heavy atom. The number of Topliss-reactive ketones (excluding diaryl/α,β-unsaturated/α-hetero) is 1. The Hall–Kier alpha value is -1.97. The van der Waals surface area contributed by atoms with Crippen LogP contribution in [0.1, 0.15) is 15.9 Å². The van der Waals surface area contributed by atoms with E-state index in [1.807, 2.05) is 0 Å². The van der Waals surface area contributed by atoms with Crippen LogP contribution < -0.4 is 0 Å². The summed E-state index contributed by atoms with van der Waals surface area (Å²) in [6.45, 7) is 0. The van der Waals surface area contributed by atoms with E-state index in [1.54, 1.807) is 0 Å². The number of allylic oxidation sites excluding steroid dienone is 1. The van der Waals surface area contributed by atoms with E-state index in [0.29, 0.717) is 0 Å². The van der Waals surface area contributed by atoms with E-state index in [0.717, 1.165) is 12.1 Å². The molecule has 0 aliphatic heterocycles. The average molecular weight is 192 g/mol. The van der Waals surface area contributed by atoms with E-state index in [-0.39, 0.29) is 16.9 Å². The number of aliphatic hydroxyl groups is 1. The molecule has 2 rings (SSSR count). The number of benzene rings is 1. The maximum atomic E-state index is 13.2. The minimum atomic E-state index is -0.920. The first kappa shape index (κ1) is 8.62. The molecule has 70 valence electrons. The Bertz CT molecular complexity index is 474. The van der Waals surface area contributed by atoms with Crippen molar-refractivity contribution in [3.05, 3.63) is 41.2 Å². The summed E-state index contributed by atoms with van der Waals surface area (Å²) in [6, 6.07) is 3.82. The highest BCUT2D eigenvalue weighted by molar-refractivity contribution is 6.50. The second kappa shape index (κ2) is 2.77. The molecule has 0 unspecified atom stereocenters. The topological polar surface area (TPSA) is 54.4 Å². The van der Waals surface area contributed by atoms with Gasteiger partial charge in [0.15, 0.2) is 0 Å². The van der Waals surface area contributed by atoms with Gasteiger partial charge in [0.05, 0.1) is 5.56 Å². The summed E-state index contributed by atoms with van der Waals surface area (Å²) in [4.78, 5) is 22.2. The summed E-state index contributed by atoms with van der Waals surface area (Å²) >= 11 is 0. The molecular weight excluding hydrogens is 187 g/mol. The third kappa shape index (κ3) is 1.04. The lowest BCUT2D eigenvalue weighted by Crippen LogP contribution is -2.20. The molecule has 0 bridgehead atoms. The van der Waals surface area contributed by atoms with Crippen molar-refractivity contribution in [2.24, 2.45) is 0 Å². The minimum absolute atomic E-state index is 0.0644. The molecule has 4 heteroatoms. The maximum Gasteiger partial charge on any atom is 0.236 e. The van der Waals surface area contributed by atoms with E-state index < -0.39 is 17.4 Å². The highest BCUT2D eigenvalue weighted by atomic mass is 19.1. The molecule has 0 saturated carbocycles. The zero-order valence-corrected chi connectivity index (χ0v) is 6.95. The van der Waals surface area contributed by atoms with Crippen LogP contribution in [-0.2, 0) is 4.79 Å². The molecule has 1 N–H and O–H groups in total. The van der Waals surface area contributed by atoms with Crippen LogP contribution in [0.25, 0.3) is 5.76 Å². The third-order valence-corrected chi connectivity index (χ3v) is 2.01. The number of hydrogen-bond donors (Lipinski definition) is 1. The van der Waals surface area contributed by atoms with Gasteiger partial charge in [-0.25, -0.2) is 4.39 Å². The van der Waals surface area contributed by atoms with Crippen molar-refractivity contribution in [2.75, 3.05) is 0 Å². The van der Waals surface area contributed by atoms with Crippen LogP contribution in [0.3, 0.4) is 0 Å². The van der Waals surface area contributed by atoms with Crippen LogP contribution in [0, 0.1) is 5.82 Å². The fourth-order valence-electron chi connectivity index (χ4n) is 1.36. The Balaban J connectivity index is 2.78. The number of hydrogen-bond acceptors (Lipinski definition) is 3. The quantitative estimate of drug-likeness (QED) is 0.633. The highest BCUT2D eigenvalue weighted by Gasteiger charge is 2.28. The molecule has 0 fully saturated rings. The predicted octanol–water partition coefficient (Wildman–Crippen LogP) is 1.49. The summed E-state index contributed by atoms with van der Waals surface area (Å²) in [7, 11) is 0. The lowest BCUT2D eigenvalue weighted by molar-refractivity contribution is -0.111. The Morgan fingerprint density at radius 1 is 1.21 bits per heavy atom. The van der Waals surface area contributed by atoms with Crippen molar-refractivity contribution in [3.8, 4) is 0 Å². The van der Waals surface area contributed by atoms with Gasteiger partial charge in [-0.05, 0) is 6.07 Å². The molecule has 0 saturated heterocycles. The van der Waals surface area contributed by atoms with Gasteiger partial charge in [-0.15, -0.1) is 0 Å². The van der Waals surface area contributed by atoms with Crippen LogP contribution in [0.4, 0.5) is 4.39 Å². The van der Waals surface area contributed by atoms with Gasteiger partial charge in [-0.2, -0.15) is 0 Å². The number of halogens is 1. The molecule has 1 aliphatic carbocycles. The molecule has 0 amide bonds. The van der Waals surface area contributed by atoms with Crippen molar-refractivity contribution in [1.29, 1.82) is 0 Å². The smallest absolute Gasteiger partial charge is 0.236 e. The molecule has 0 heterocycles. The van der Waals surface area contributed by atoms with Gasteiger partial charge in [0, 0.05) is 11.6 Å². The van der Waals surface area contributed by atoms with Gasteiger partial charge in [0.2, 0.25) is 11.6 Å². The van der Waals surface area contributed by atoms with E-state index in [1.165, 1.54) is 12.1 Å². The molecule has 1 aliphatic rings. The normalized spacial score (nSPS) is 15.1.